The van der Waals surface area contributed by atoms with E-state index < -0.39 is 0 Å². The van der Waals surface area contributed by atoms with Crippen molar-refractivity contribution in [3.63, 3.8) is 0 Å². The van der Waals surface area contributed by atoms with Gasteiger partial charge in [0.05, 0.1) is 12.1 Å². The number of nitrogens with zero attached hydrogens (tertiary/aromatic N) is 3. The van der Waals surface area contributed by atoms with Crippen molar-refractivity contribution in [1.29, 1.82) is 5.26 Å². The fourth-order valence-electron chi connectivity index (χ4n) is 0.856. The minimum Gasteiger partial charge on any atom is -0.345 e. The molecule has 2 N–H and O–H groups in total. The molecule has 1 rings (SSSR count). The summed E-state index contributed by atoms with van der Waals surface area (Å²) in [4.78, 5) is 14.8. The molecule has 0 spiro atoms. The summed E-state index contributed by atoms with van der Waals surface area (Å²) in [6.07, 6.45) is 1.22. The average molecular weight is 179 g/mol. The molecule has 6 nitrogen and oxygen atoms in total. The van der Waals surface area contributed by atoms with Crippen LogP contribution in [0.5, 0.6) is 0 Å². The van der Waals surface area contributed by atoms with Crippen molar-refractivity contribution in [2.45, 2.75) is 19.4 Å². The lowest BCUT2D eigenvalue weighted by molar-refractivity contribution is -0.120. The second-order valence-corrected chi connectivity index (χ2v) is 2.49. The van der Waals surface area contributed by atoms with Crippen molar-refractivity contribution in [3.8, 4) is 6.07 Å². The summed E-state index contributed by atoms with van der Waals surface area (Å²) in [5.74, 6) is 0.262. The summed E-state index contributed by atoms with van der Waals surface area (Å²) >= 11 is 0. The summed E-state index contributed by atoms with van der Waals surface area (Å²) < 4.78 is 0. The lowest BCUT2D eigenvalue weighted by Gasteiger charge is -2.08. The summed E-state index contributed by atoms with van der Waals surface area (Å²) in [6.45, 7) is 1.76. The maximum absolute atomic E-state index is 11.0. The normalized spacial score (nSPS) is 11.7. The SMILES string of the molecule is CC(NC(=O)CC#N)c1ncn[nH]1. The van der Waals surface area contributed by atoms with Crippen LogP contribution in [0.1, 0.15) is 25.2 Å². The van der Waals surface area contributed by atoms with Gasteiger partial charge in [-0.3, -0.25) is 9.89 Å². The number of nitrogens with one attached hydrogen (secondary N) is 2. The Hall–Kier alpha value is -1.90. The number of carbonyl (C=O) groups is 1. The van der Waals surface area contributed by atoms with Crippen molar-refractivity contribution in [1.82, 2.24) is 20.5 Å². The van der Waals surface area contributed by atoms with E-state index in [1.165, 1.54) is 6.33 Å². The van der Waals surface area contributed by atoms with Crippen LogP contribution in [-0.2, 0) is 4.79 Å². The Kier molecular flexibility index (Phi) is 2.97. The van der Waals surface area contributed by atoms with Crippen LogP contribution in [0.25, 0.3) is 0 Å². The number of nitriles is 1. The van der Waals surface area contributed by atoms with E-state index in [0.717, 1.165) is 0 Å². The molecule has 0 aliphatic heterocycles. The van der Waals surface area contributed by atoms with Gasteiger partial charge >= 0.3 is 0 Å². The summed E-state index contributed by atoms with van der Waals surface area (Å²) in [6, 6.07) is 1.51. The molecule has 0 aliphatic rings. The molecule has 0 radical (unpaired) electrons. The van der Waals surface area contributed by atoms with Gasteiger partial charge in [0.15, 0.2) is 0 Å². The first-order chi connectivity index (χ1) is 6.24. The number of carbonyl (C=O) groups excluding carboxylic acids is 1. The zero-order valence-corrected chi connectivity index (χ0v) is 7.11. The van der Waals surface area contributed by atoms with E-state index in [-0.39, 0.29) is 18.4 Å². The molecule has 1 aromatic heterocycles. The molecule has 1 heterocycles. The molecule has 1 atom stereocenters. The first kappa shape index (κ1) is 9.19. The second-order valence-electron chi connectivity index (χ2n) is 2.49. The first-order valence-electron chi connectivity index (χ1n) is 3.75. The predicted octanol–water partition coefficient (Wildman–Crippen LogP) is -0.104. The number of H-pyrrole nitrogens is 1. The molecule has 0 saturated heterocycles. The topological polar surface area (TPSA) is 94.5 Å². The summed E-state index contributed by atoms with van der Waals surface area (Å²) in [5.41, 5.74) is 0. The van der Waals surface area contributed by atoms with Crippen molar-refractivity contribution in [2.75, 3.05) is 0 Å². The monoisotopic (exact) mass is 179 g/mol. The van der Waals surface area contributed by atoms with E-state index in [2.05, 4.69) is 20.5 Å². The van der Waals surface area contributed by atoms with Crippen LogP contribution in [-0.4, -0.2) is 21.1 Å². The Morgan fingerprint density at radius 2 is 2.69 bits per heavy atom. The van der Waals surface area contributed by atoms with Crippen LogP contribution in [0.4, 0.5) is 0 Å². The second kappa shape index (κ2) is 4.21. The third-order valence-electron chi connectivity index (χ3n) is 1.46. The molecule has 0 aliphatic carbocycles. The molecule has 0 bridgehead atoms. The van der Waals surface area contributed by atoms with Gasteiger partial charge in [-0.15, -0.1) is 0 Å². The van der Waals surface area contributed by atoms with E-state index >= 15 is 0 Å². The molecule has 1 unspecified atom stereocenters. The highest BCUT2D eigenvalue weighted by molar-refractivity contribution is 5.78. The largest absolute Gasteiger partial charge is 0.345 e. The van der Waals surface area contributed by atoms with Gasteiger partial charge in [-0.1, -0.05) is 0 Å². The number of rotatable bonds is 3. The predicted molar refractivity (Wildman–Crippen MR) is 43.2 cm³/mol. The van der Waals surface area contributed by atoms with E-state index in [1.54, 1.807) is 13.0 Å². The number of hydrogen-bond donors (Lipinski definition) is 2. The molecule has 0 aromatic carbocycles. The lowest BCUT2D eigenvalue weighted by atomic mass is 10.3. The van der Waals surface area contributed by atoms with Gasteiger partial charge in [0, 0.05) is 0 Å². The first-order valence-corrected chi connectivity index (χ1v) is 3.75. The molecule has 6 heteroatoms. The smallest absolute Gasteiger partial charge is 0.234 e. The minimum atomic E-state index is -0.314. The minimum absolute atomic E-state index is 0.140. The maximum Gasteiger partial charge on any atom is 0.234 e. The quantitative estimate of drug-likeness (QED) is 0.677. The zero-order chi connectivity index (χ0) is 9.68. The van der Waals surface area contributed by atoms with E-state index in [4.69, 9.17) is 5.26 Å². The highest BCUT2D eigenvalue weighted by atomic mass is 16.1. The molecule has 0 fully saturated rings. The Labute approximate surface area is 75.0 Å². The number of aromatic amines is 1. The van der Waals surface area contributed by atoms with E-state index in [0.29, 0.717) is 5.82 Å². The van der Waals surface area contributed by atoms with Crippen LogP contribution in [0.15, 0.2) is 6.33 Å². The molecule has 0 saturated carbocycles. The highest BCUT2D eigenvalue weighted by Crippen LogP contribution is 2.03. The van der Waals surface area contributed by atoms with Gasteiger partial charge in [0.25, 0.3) is 0 Å². The van der Waals surface area contributed by atoms with Gasteiger partial charge in [-0.25, -0.2) is 4.98 Å². The van der Waals surface area contributed by atoms with Crippen LogP contribution >= 0.6 is 0 Å². The summed E-state index contributed by atoms with van der Waals surface area (Å²) in [7, 11) is 0. The van der Waals surface area contributed by atoms with Crippen molar-refractivity contribution in [3.05, 3.63) is 12.2 Å². The molecular formula is C7H9N5O. The third kappa shape index (κ3) is 2.56. The number of hydrogen-bond acceptors (Lipinski definition) is 4. The van der Waals surface area contributed by atoms with Crippen LogP contribution in [0.3, 0.4) is 0 Å². The maximum atomic E-state index is 11.0. The van der Waals surface area contributed by atoms with E-state index in [9.17, 15) is 4.79 Å². The van der Waals surface area contributed by atoms with Gasteiger partial charge in [0.2, 0.25) is 5.91 Å². The van der Waals surface area contributed by atoms with E-state index in [1.807, 2.05) is 0 Å². The van der Waals surface area contributed by atoms with Gasteiger partial charge in [0.1, 0.15) is 18.6 Å². The molecule has 1 aromatic rings. The molecular weight excluding hydrogens is 170 g/mol. The fraction of sp³-hybridized carbons (Fsp3) is 0.429. The Morgan fingerprint density at radius 1 is 1.92 bits per heavy atom. The molecule has 13 heavy (non-hydrogen) atoms. The van der Waals surface area contributed by atoms with Gasteiger partial charge < -0.3 is 5.32 Å². The van der Waals surface area contributed by atoms with Crippen molar-refractivity contribution < 1.29 is 4.79 Å². The Balaban J connectivity index is 2.47. The molecule has 1 amide bonds. The number of aromatic nitrogens is 3. The Morgan fingerprint density at radius 3 is 3.23 bits per heavy atom. The van der Waals surface area contributed by atoms with Crippen molar-refractivity contribution >= 4 is 5.91 Å². The van der Waals surface area contributed by atoms with Gasteiger partial charge in [-0.2, -0.15) is 10.4 Å². The van der Waals surface area contributed by atoms with Gasteiger partial charge in [-0.05, 0) is 6.92 Å². The van der Waals surface area contributed by atoms with Crippen LogP contribution < -0.4 is 5.32 Å². The third-order valence-corrected chi connectivity index (χ3v) is 1.46. The van der Waals surface area contributed by atoms with Crippen LogP contribution in [0, 0.1) is 11.3 Å². The van der Waals surface area contributed by atoms with Crippen LogP contribution in [0.2, 0.25) is 0 Å². The number of amides is 1. The zero-order valence-electron chi connectivity index (χ0n) is 7.11. The molecule has 68 valence electrons. The summed E-state index contributed by atoms with van der Waals surface area (Å²) in [5, 5.41) is 17.1. The van der Waals surface area contributed by atoms with Crippen molar-refractivity contribution in [2.24, 2.45) is 0 Å². The standard InChI is InChI=1S/C7H9N5O/c1-5(7-9-4-10-12-7)11-6(13)2-3-8/h4-5H,2H2,1H3,(H,11,13)(H,9,10,12). The Bertz CT molecular complexity index is 312. The lowest BCUT2D eigenvalue weighted by Crippen LogP contribution is -2.26. The fourth-order valence-corrected chi connectivity index (χ4v) is 0.856. The average Bonchev–Trinajstić information content (AvgIpc) is 2.55. The highest BCUT2D eigenvalue weighted by Gasteiger charge is 2.10.